The molecular formula is C11H22O3. The second-order valence-corrected chi connectivity index (χ2v) is 4.40. The van der Waals surface area contributed by atoms with Gasteiger partial charge in [0.1, 0.15) is 0 Å². The molecule has 0 spiro atoms. The topological polar surface area (TPSA) is 49.7 Å². The number of aliphatic hydroxyl groups is 2. The van der Waals surface area contributed by atoms with E-state index in [1.807, 2.05) is 27.7 Å². The third-order valence-corrected chi connectivity index (χ3v) is 3.61. The Morgan fingerprint density at radius 1 is 1.29 bits per heavy atom. The number of hydrogen-bond donors (Lipinski definition) is 2. The third-order valence-electron chi connectivity index (χ3n) is 3.61. The van der Waals surface area contributed by atoms with E-state index >= 15 is 0 Å². The van der Waals surface area contributed by atoms with Gasteiger partial charge in [-0.15, -0.1) is 0 Å². The Kier molecular flexibility index (Phi) is 3.56. The fourth-order valence-electron chi connectivity index (χ4n) is 2.28. The molecule has 0 aromatic heterocycles. The van der Waals surface area contributed by atoms with Crippen LogP contribution in [0.25, 0.3) is 0 Å². The molecule has 1 saturated heterocycles. The van der Waals surface area contributed by atoms with E-state index in [-0.39, 0.29) is 17.9 Å². The lowest BCUT2D eigenvalue weighted by Gasteiger charge is -2.47. The zero-order chi connectivity index (χ0) is 10.9. The van der Waals surface area contributed by atoms with Crippen molar-refractivity contribution in [2.24, 2.45) is 11.8 Å². The van der Waals surface area contributed by atoms with Crippen molar-refractivity contribution in [3.63, 3.8) is 0 Å². The summed E-state index contributed by atoms with van der Waals surface area (Å²) >= 11 is 0. The van der Waals surface area contributed by atoms with Gasteiger partial charge in [0.25, 0.3) is 0 Å². The van der Waals surface area contributed by atoms with Gasteiger partial charge in [-0.25, -0.2) is 0 Å². The fraction of sp³-hybridized carbons (Fsp3) is 1.00. The Labute approximate surface area is 86.1 Å². The van der Waals surface area contributed by atoms with E-state index in [2.05, 4.69) is 0 Å². The second-order valence-electron chi connectivity index (χ2n) is 4.40. The Bertz CT molecular complexity index is 193. The SMILES string of the molecule is CC[C@H]1O[C@](O)(CC)[C@H](C)[C@@H](O)[C@H]1C. The Morgan fingerprint density at radius 3 is 2.29 bits per heavy atom. The van der Waals surface area contributed by atoms with Crippen molar-refractivity contribution >= 4 is 0 Å². The van der Waals surface area contributed by atoms with Crippen LogP contribution in [-0.2, 0) is 4.74 Å². The van der Waals surface area contributed by atoms with Gasteiger partial charge >= 0.3 is 0 Å². The summed E-state index contributed by atoms with van der Waals surface area (Å²) in [7, 11) is 0. The van der Waals surface area contributed by atoms with E-state index in [9.17, 15) is 10.2 Å². The lowest BCUT2D eigenvalue weighted by Crippen LogP contribution is -2.56. The van der Waals surface area contributed by atoms with Crippen molar-refractivity contribution in [2.75, 3.05) is 0 Å². The van der Waals surface area contributed by atoms with Crippen LogP contribution in [-0.4, -0.2) is 28.2 Å². The summed E-state index contributed by atoms with van der Waals surface area (Å²) in [5.74, 6) is -1.26. The van der Waals surface area contributed by atoms with Gasteiger partial charge in [0.05, 0.1) is 12.2 Å². The Morgan fingerprint density at radius 2 is 1.86 bits per heavy atom. The van der Waals surface area contributed by atoms with Crippen LogP contribution in [0.3, 0.4) is 0 Å². The summed E-state index contributed by atoms with van der Waals surface area (Å²) < 4.78 is 5.66. The summed E-state index contributed by atoms with van der Waals surface area (Å²) in [4.78, 5) is 0. The van der Waals surface area contributed by atoms with Crippen molar-refractivity contribution in [3.8, 4) is 0 Å². The number of rotatable bonds is 2. The smallest absolute Gasteiger partial charge is 0.170 e. The largest absolute Gasteiger partial charge is 0.392 e. The van der Waals surface area contributed by atoms with Crippen LogP contribution in [0.15, 0.2) is 0 Å². The maximum atomic E-state index is 10.2. The zero-order valence-corrected chi connectivity index (χ0v) is 9.53. The molecule has 0 aromatic carbocycles. The van der Waals surface area contributed by atoms with Crippen molar-refractivity contribution in [2.45, 2.75) is 58.5 Å². The van der Waals surface area contributed by atoms with Gasteiger partial charge in [-0.1, -0.05) is 27.7 Å². The zero-order valence-electron chi connectivity index (χ0n) is 9.53. The molecule has 0 aromatic rings. The first-order valence-electron chi connectivity index (χ1n) is 5.54. The van der Waals surface area contributed by atoms with Crippen LogP contribution < -0.4 is 0 Å². The molecule has 0 saturated carbocycles. The van der Waals surface area contributed by atoms with Gasteiger partial charge in [-0.3, -0.25) is 0 Å². The van der Waals surface area contributed by atoms with Gasteiger partial charge in [-0.05, 0) is 12.8 Å². The number of hydrogen-bond acceptors (Lipinski definition) is 3. The molecule has 1 aliphatic rings. The predicted octanol–water partition coefficient (Wildman–Crippen LogP) is 1.53. The predicted molar refractivity (Wildman–Crippen MR) is 54.7 cm³/mol. The van der Waals surface area contributed by atoms with Crippen molar-refractivity contribution in [3.05, 3.63) is 0 Å². The van der Waals surface area contributed by atoms with E-state index in [1.54, 1.807) is 0 Å². The molecule has 84 valence electrons. The highest BCUT2D eigenvalue weighted by Crippen LogP contribution is 2.38. The minimum Gasteiger partial charge on any atom is -0.392 e. The van der Waals surface area contributed by atoms with E-state index < -0.39 is 11.9 Å². The molecule has 3 heteroatoms. The van der Waals surface area contributed by atoms with E-state index in [1.165, 1.54) is 0 Å². The molecule has 3 nitrogen and oxygen atoms in total. The van der Waals surface area contributed by atoms with Crippen LogP contribution in [0.2, 0.25) is 0 Å². The van der Waals surface area contributed by atoms with Gasteiger partial charge in [0, 0.05) is 11.8 Å². The van der Waals surface area contributed by atoms with Gasteiger partial charge in [-0.2, -0.15) is 0 Å². The maximum Gasteiger partial charge on any atom is 0.170 e. The fourth-order valence-corrected chi connectivity index (χ4v) is 2.28. The quantitative estimate of drug-likeness (QED) is 0.714. The average molecular weight is 202 g/mol. The molecule has 1 rings (SSSR count). The first-order valence-corrected chi connectivity index (χ1v) is 5.54. The molecule has 1 aliphatic heterocycles. The minimum atomic E-state index is -1.15. The van der Waals surface area contributed by atoms with E-state index in [0.717, 1.165) is 6.42 Å². The van der Waals surface area contributed by atoms with E-state index in [0.29, 0.717) is 6.42 Å². The Hall–Kier alpha value is -0.120. The van der Waals surface area contributed by atoms with Gasteiger partial charge in [0.2, 0.25) is 0 Å². The number of aliphatic hydroxyl groups excluding tert-OH is 1. The lowest BCUT2D eigenvalue weighted by atomic mass is 9.79. The molecule has 2 N–H and O–H groups in total. The summed E-state index contributed by atoms with van der Waals surface area (Å²) in [5, 5.41) is 20.1. The van der Waals surface area contributed by atoms with Crippen LogP contribution in [0.4, 0.5) is 0 Å². The van der Waals surface area contributed by atoms with Crippen LogP contribution in [0, 0.1) is 11.8 Å². The molecule has 1 heterocycles. The summed E-state index contributed by atoms with van der Waals surface area (Å²) in [6, 6.07) is 0. The normalized spacial score (nSPS) is 49.3. The summed E-state index contributed by atoms with van der Waals surface area (Å²) in [6.45, 7) is 7.72. The highest BCUT2D eigenvalue weighted by atomic mass is 16.6. The third kappa shape index (κ3) is 1.81. The van der Waals surface area contributed by atoms with Crippen molar-refractivity contribution in [1.82, 2.24) is 0 Å². The standard InChI is InChI=1S/C11H22O3/c1-5-9-7(3)10(12)8(4)11(13,6-2)14-9/h7-10,12-13H,5-6H2,1-4H3/t7-,8+,9+,10-,11+/m0/s1. The molecule has 0 amide bonds. The Balaban J connectivity index is 2.84. The van der Waals surface area contributed by atoms with Gasteiger partial charge in [0.15, 0.2) is 5.79 Å². The van der Waals surface area contributed by atoms with Crippen molar-refractivity contribution in [1.29, 1.82) is 0 Å². The van der Waals surface area contributed by atoms with E-state index in [4.69, 9.17) is 4.74 Å². The summed E-state index contributed by atoms with van der Waals surface area (Å²) in [6.07, 6.45) is 0.839. The molecule has 0 radical (unpaired) electrons. The molecule has 0 aliphatic carbocycles. The van der Waals surface area contributed by atoms with Crippen LogP contribution >= 0.6 is 0 Å². The first kappa shape index (κ1) is 12.0. The minimum absolute atomic E-state index is 0.0360. The summed E-state index contributed by atoms with van der Waals surface area (Å²) in [5.41, 5.74) is 0. The average Bonchev–Trinajstić information content (AvgIpc) is 2.20. The molecule has 1 fully saturated rings. The van der Waals surface area contributed by atoms with Gasteiger partial charge < -0.3 is 14.9 Å². The maximum absolute atomic E-state index is 10.2. The lowest BCUT2D eigenvalue weighted by molar-refractivity contribution is -0.318. The van der Waals surface area contributed by atoms with Crippen LogP contribution in [0.5, 0.6) is 0 Å². The second kappa shape index (κ2) is 4.17. The monoisotopic (exact) mass is 202 g/mol. The molecule has 0 bridgehead atoms. The highest BCUT2D eigenvalue weighted by molar-refractivity contribution is 4.90. The number of ether oxygens (including phenoxy) is 1. The molecular weight excluding hydrogens is 180 g/mol. The molecule has 14 heavy (non-hydrogen) atoms. The van der Waals surface area contributed by atoms with Crippen LogP contribution in [0.1, 0.15) is 40.5 Å². The highest BCUT2D eigenvalue weighted by Gasteiger charge is 2.47. The molecule has 5 atom stereocenters. The first-order chi connectivity index (χ1) is 6.46. The molecule has 0 unspecified atom stereocenters. The van der Waals surface area contributed by atoms with Crippen molar-refractivity contribution < 1.29 is 14.9 Å².